The third-order valence-corrected chi connectivity index (χ3v) is 2.60. The number of rotatable bonds is 4. The van der Waals surface area contributed by atoms with E-state index in [1.165, 1.54) is 0 Å². The lowest BCUT2D eigenvalue weighted by atomic mass is 10.6. The summed E-state index contributed by atoms with van der Waals surface area (Å²) in [6.07, 6.45) is 5.01. The Hall–Kier alpha value is -0.430. The second kappa shape index (κ2) is 4.39. The summed E-state index contributed by atoms with van der Waals surface area (Å²) in [6.45, 7) is 2.78. The van der Waals surface area contributed by atoms with Gasteiger partial charge in [-0.3, -0.25) is 0 Å². The van der Waals surface area contributed by atoms with Gasteiger partial charge >= 0.3 is 0 Å². The van der Waals surface area contributed by atoms with E-state index in [0.717, 1.165) is 16.6 Å². The van der Waals surface area contributed by atoms with Gasteiger partial charge in [-0.15, -0.1) is 0 Å². The average Bonchev–Trinajstić information content (AvgIpc) is 2.89. The van der Waals surface area contributed by atoms with E-state index in [9.17, 15) is 0 Å². The topological polar surface area (TPSA) is 47.0 Å². The molecule has 1 aliphatic carbocycles. The molecule has 2 rings (SSSR count). The SMILES string of the molecule is CCOC1CC1Nc1ncc(I)cn1. The van der Waals surface area contributed by atoms with Gasteiger partial charge in [0.1, 0.15) is 0 Å². The monoisotopic (exact) mass is 305 g/mol. The largest absolute Gasteiger partial charge is 0.376 e. The van der Waals surface area contributed by atoms with E-state index >= 15 is 0 Å². The van der Waals surface area contributed by atoms with Gasteiger partial charge in [-0.05, 0) is 35.9 Å². The summed E-state index contributed by atoms with van der Waals surface area (Å²) in [5.74, 6) is 0.692. The van der Waals surface area contributed by atoms with E-state index in [0.29, 0.717) is 18.1 Å². The summed E-state index contributed by atoms with van der Waals surface area (Å²) >= 11 is 2.19. The van der Waals surface area contributed by atoms with Crippen molar-refractivity contribution in [3.63, 3.8) is 0 Å². The summed E-state index contributed by atoms with van der Waals surface area (Å²) in [7, 11) is 0. The Balaban J connectivity index is 1.84. The Labute approximate surface area is 96.6 Å². The van der Waals surface area contributed by atoms with Crippen LogP contribution in [0.15, 0.2) is 12.4 Å². The molecule has 1 aliphatic rings. The number of ether oxygens (including phenoxy) is 1. The molecule has 1 heterocycles. The zero-order valence-corrected chi connectivity index (χ0v) is 10.1. The molecule has 0 aliphatic heterocycles. The standard InChI is InChI=1S/C9H12IN3O/c1-2-14-8-3-7(8)13-9-11-4-6(10)5-12-9/h4-5,7-8H,2-3H2,1H3,(H,11,12,13). The highest BCUT2D eigenvalue weighted by molar-refractivity contribution is 14.1. The molecular formula is C9H12IN3O. The van der Waals surface area contributed by atoms with Crippen molar-refractivity contribution in [3.05, 3.63) is 16.0 Å². The molecule has 0 aromatic carbocycles. The average molecular weight is 305 g/mol. The first-order valence-corrected chi connectivity index (χ1v) is 5.73. The van der Waals surface area contributed by atoms with Gasteiger partial charge in [0.25, 0.3) is 0 Å². The third-order valence-electron chi connectivity index (χ3n) is 2.05. The zero-order chi connectivity index (χ0) is 9.97. The molecule has 0 radical (unpaired) electrons. The van der Waals surface area contributed by atoms with Crippen molar-refractivity contribution in [1.82, 2.24) is 9.97 Å². The van der Waals surface area contributed by atoms with Crippen LogP contribution in [0, 0.1) is 3.57 Å². The normalized spacial score (nSPS) is 24.7. The van der Waals surface area contributed by atoms with Crippen LogP contribution >= 0.6 is 22.6 Å². The van der Waals surface area contributed by atoms with E-state index in [4.69, 9.17) is 4.74 Å². The Morgan fingerprint density at radius 3 is 2.93 bits per heavy atom. The first kappa shape index (κ1) is 10.1. The molecule has 0 amide bonds. The molecule has 2 atom stereocenters. The van der Waals surface area contributed by atoms with Crippen molar-refractivity contribution >= 4 is 28.5 Å². The number of aromatic nitrogens is 2. The van der Waals surface area contributed by atoms with Crippen LogP contribution in [0.25, 0.3) is 0 Å². The van der Waals surface area contributed by atoms with Crippen molar-refractivity contribution in [1.29, 1.82) is 0 Å². The molecule has 1 saturated carbocycles. The van der Waals surface area contributed by atoms with Crippen molar-refractivity contribution in [2.75, 3.05) is 11.9 Å². The van der Waals surface area contributed by atoms with Crippen LogP contribution in [0.4, 0.5) is 5.95 Å². The first-order valence-electron chi connectivity index (χ1n) is 4.65. The fraction of sp³-hybridized carbons (Fsp3) is 0.556. The lowest BCUT2D eigenvalue weighted by Gasteiger charge is -2.03. The summed E-state index contributed by atoms with van der Waals surface area (Å²) in [5, 5.41) is 3.23. The van der Waals surface area contributed by atoms with Crippen molar-refractivity contribution in [2.45, 2.75) is 25.5 Å². The third kappa shape index (κ3) is 2.54. The predicted octanol–water partition coefficient (Wildman–Crippen LogP) is 1.67. The minimum Gasteiger partial charge on any atom is -0.376 e. The van der Waals surface area contributed by atoms with E-state index in [-0.39, 0.29) is 0 Å². The minimum absolute atomic E-state index is 0.350. The molecule has 0 saturated heterocycles. The smallest absolute Gasteiger partial charge is 0.222 e. The van der Waals surface area contributed by atoms with Crippen molar-refractivity contribution in [3.8, 4) is 0 Å². The molecule has 76 valence electrons. The molecule has 14 heavy (non-hydrogen) atoms. The molecule has 1 aromatic rings. The van der Waals surface area contributed by atoms with Gasteiger partial charge in [0.05, 0.1) is 12.1 Å². The molecule has 1 aromatic heterocycles. The van der Waals surface area contributed by atoms with Crippen LogP contribution in [0.1, 0.15) is 13.3 Å². The lowest BCUT2D eigenvalue weighted by Crippen LogP contribution is -2.11. The molecular weight excluding hydrogens is 293 g/mol. The van der Waals surface area contributed by atoms with E-state index in [1.54, 1.807) is 12.4 Å². The van der Waals surface area contributed by atoms with Crippen LogP contribution in [-0.2, 0) is 4.74 Å². The lowest BCUT2D eigenvalue weighted by molar-refractivity contribution is 0.130. The maximum Gasteiger partial charge on any atom is 0.222 e. The first-order chi connectivity index (χ1) is 6.79. The predicted molar refractivity (Wildman–Crippen MR) is 62.2 cm³/mol. The number of halogens is 1. The van der Waals surface area contributed by atoms with E-state index in [1.807, 2.05) is 6.92 Å². The van der Waals surface area contributed by atoms with Crippen LogP contribution in [0.3, 0.4) is 0 Å². The number of nitrogens with one attached hydrogen (secondary N) is 1. The maximum absolute atomic E-state index is 5.44. The molecule has 0 spiro atoms. The fourth-order valence-electron chi connectivity index (χ4n) is 1.27. The highest BCUT2D eigenvalue weighted by atomic mass is 127. The summed E-state index contributed by atoms with van der Waals surface area (Å²) in [4.78, 5) is 8.34. The van der Waals surface area contributed by atoms with Gasteiger partial charge in [0.15, 0.2) is 0 Å². The van der Waals surface area contributed by atoms with Gasteiger partial charge in [-0.1, -0.05) is 0 Å². The van der Waals surface area contributed by atoms with Crippen LogP contribution in [0.5, 0.6) is 0 Å². The number of anilines is 1. The molecule has 2 unspecified atom stereocenters. The van der Waals surface area contributed by atoms with Gasteiger partial charge < -0.3 is 10.1 Å². The number of hydrogen-bond acceptors (Lipinski definition) is 4. The van der Waals surface area contributed by atoms with Gasteiger partial charge in [0, 0.05) is 22.6 Å². The van der Waals surface area contributed by atoms with Crippen LogP contribution in [0.2, 0.25) is 0 Å². The minimum atomic E-state index is 0.350. The fourth-order valence-corrected chi connectivity index (χ4v) is 1.55. The summed E-state index contributed by atoms with van der Waals surface area (Å²) in [5.41, 5.74) is 0. The van der Waals surface area contributed by atoms with Crippen LogP contribution in [-0.4, -0.2) is 28.7 Å². The van der Waals surface area contributed by atoms with Crippen LogP contribution < -0.4 is 5.32 Å². The Kier molecular flexibility index (Phi) is 3.17. The second-order valence-electron chi connectivity index (χ2n) is 3.21. The highest BCUT2D eigenvalue weighted by Gasteiger charge is 2.38. The summed E-state index contributed by atoms with van der Waals surface area (Å²) in [6, 6.07) is 0.398. The number of nitrogens with zero attached hydrogens (tertiary/aromatic N) is 2. The summed E-state index contributed by atoms with van der Waals surface area (Å²) < 4.78 is 6.49. The van der Waals surface area contributed by atoms with Gasteiger partial charge in [-0.25, -0.2) is 9.97 Å². The van der Waals surface area contributed by atoms with Gasteiger partial charge in [0.2, 0.25) is 5.95 Å². The van der Waals surface area contributed by atoms with Crippen molar-refractivity contribution < 1.29 is 4.74 Å². The van der Waals surface area contributed by atoms with E-state index < -0.39 is 0 Å². The molecule has 4 nitrogen and oxygen atoms in total. The second-order valence-corrected chi connectivity index (χ2v) is 4.45. The Bertz CT molecular complexity index is 303. The molecule has 1 fully saturated rings. The Morgan fingerprint density at radius 2 is 2.29 bits per heavy atom. The zero-order valence-electron chi connectivity index (χ0n) is 7.90. The van der Waals surface area contributed by atoms with E-state index in [2.05, 4.69) is 37.9 Å². The maximum atomic E-state index is 5.44. The van der Waals surface area contributed by atoms with Gasteiger partial charge in [-0.2, -0.15) is 0 Å². The molecule has 1 N–H and O–H groups in total. The van der Waals surface area contributed by atoms with Crippen molar-refractivity contribution in [2.24, 2.45) is 0 Å². The molecule has 0 bridgehead atoms. The molecule has 5 heteroatoms. The quantitative estimate of drug-likeness (QED) is 0.860. The Morgan fingerprint density at radius 1 is 1.57 bits per heavy atom. The highest BCUT2D eigenvalue weighted by Crippen LogP contribution is 2.27. The number of hydrogen-bond donors (Lipinski definition) is 1.